The van der Waals surface area contributed by atoms with Gasteiger partial charge in [-0.15, -0.1) is 0 Å². The SMILES string of the molecule is CCC(c1nc(C2CN(CC)CCO2)no1)C(C)O. The Bertz CT molecular complexity index is 394. The van der Waals surface area contributed by atoms with Gasteiger partial charge < -0.3 is 14.4 Å². The zero-order chi connectivity index (χ0) is 13.8. The number of likely N-dealkylation sites (N-methyl/N-ethyl adjacent to an activating group) is 1. The molecule has 0 radical (unpaired) electrons. The number of aliphatic hydroxyl groups is 1. The Morgan fingerprint density at radius 1 is 1.47 bits per heavy atom. The molecule has 0 aromatic carbocycles. The molecule has 0 bridgehead atoms. The van der Waals surface area contributed by atoms with Crippen LogP contribution in [0.4, 0.5) is 0 Å². The van der Waals surface area contributed by atoms with E-state index in [4.69, 9.17) is 9.26 Å². The fourth-order valence-electron chi connectivity index (χ4n) is 2.40. The monoisotopic (exact) mass is 269 g/mol. The average molecular weight is 269 g/mol. The molecule has 6 nitrogen and oxygen atoms in total. The largest absolute Gasteiger partial charge is 0.393 e. The van der Waals surface area contributed by atoms with Crippen molar-refractivity contribution in [1.82, 2.24) is 15.0 Å². The van der Waals surface area contributed by atoms with Crippen molar-refractivity contribution in [3.8, 4) is 0 Å². The standard InChI is InChI=1S/C13H23N3O3/c1-4-10(9(3)17)13-14-12(15-19-13)11-8-16(5-2)6-7-18-11/h9-11,17H,4-8H2,1-3H3. The number of rotatable bonds is 5. The van der Waals surface area contributed by atoms with Gasteiger partial charge >= 0.3 is 0 Å². The highest BCUT2D eigenvalue weighted by atomic mass is 16.5. The molecular weight excluding hydrogens is 246 g/mol. The van der Waals surface area contributed by atoms with Crippen molar-refractivity contribution in [2.75, 3.05) is 26.2 Å². The van der Waals surface area contributed by atoms with E-state index in [2.05, 4.69) is 22.0 Å². The van der Waals surface area contributed by atoms with Crippen molar-refractivity contribution in [3.63, 3.8) is 0 Å². The third-order valence-corrected chi connectivity index (χ3v) is 3.68. The zero-order valence-corrected chi connectivity index (χ0v) is 11.9. The molecule has 0 spiro atoms. The lowest BCUT2D eigenvalue weighted by Crippen LogP contribution is -2.38. The first kappa shape index (κ1) is 14.4. The van der Waals surface area contributed by atoms with E-state index in [0.29, 0.717) is 18.3 Å². The normalized spacial score (nSPS) is 24.3. The molecule has 3 atom stereocenters. The molecule has 3 unspecified atom stereocenters. The summed E-state index contributed by atoms with van der Waals surface area (Å²) >= 11 is 0. The van der Waals surface area contributed by atoms with E-state index in [9.17, 15) is 5.11 Å². The highest BCUT2D eigenvalue weighted by molar-refractivity contribution is 4.99. The number of morpholine rings is 1. The van der Waals surface area contributed by atoms with E-state index < -0.39 is 6.10 Å². The van der Waals surface area contributed by atoms with Crippen molar-refractivity contribution in [1.29, 1.82) is 0 Å². The summed E-state index contributed by atoms with van der Waals surface area (Å²) in [6, 6.07) is 0. The summed E-state index contributed by atoms with van der Waals surface area (Å²) < 4.78 is 11.0. The van der Waals surface area contributed by atoms with Crippen molar-refractivity contribution in [3.05, 3.63) is 11.7 Å². The lowest BCUT2D eigenvalue weighted by molar-refractivity contribution is -0.0334. The van der Waals surface area contributed by atoms with Crippen LogP contribution in [0.15, 0.2) is 4.52 Å². The number of hydrogen-bond acceptors (Lipinski definition) is 6. The third kappa shape index (κ3) is 3.32. The molecule has 1 aromatic rings. The average Bonchev–Trinajstić information content (AvgIpc) is 2.89. The van der Waals surface area contributed by atoms with Gasteiger partial charge in [0.25, 0.3) is 0 Å². The fourth-order valence-corrected chi connectivity index (χ4v) is 2.40. The molecule has 108 valence electrons. The predicted octanol–water partition coefficient (Wildman–Crippen LogP) is 1.34. The minimum Gasteiger partial charge on any atom is -0.393 e. The van der Waals surface area contributed by atoms with Gasteiger partial charge in [0.2, 0.25) is 11.7 Å². The molecular formula is C13H23N3O3. The van der Waals surface area contributed by atoms with Crippen LogP contribution in [0.25, 0.3) is 0 Å². The summed E-state index contributed by atoms with van der Waals surface area (Å²) in [6.07, 6.45) is 0.154. The third-order valence-electron chi connectivity index (χ3n) is 3.68. The Morgan fingerprint density at radius 2 is 2.26 bits per heavy atom. The van der Waals surface area contributed by atoms with Gasteiger partial charge in [-0.3, -0.25) is 4.90 Å². The van der Waals surface area contributed by atoms with Crippen molar-refractivity contribution in [2.24, 2.45) is 0 Å². The first-order chi connectivity index (χ1) is 9.15. The molecule has 0 saturated carbocycles. The molecule has 2 heterocycles. The second kappa shape index (κ2) is 6.45. The van der Waals surface area contributed by atoms with Crippen LogP contribution in [0.2, 0.25) is 0 Å². The number of ether oxygens (including phenoxy) is 1. The number of nitrogens with zero attached hydrogens (tertiary/aromatic N) is 3. The van der Waals surface area contributed by atoms with E-state index in [1.807, 2.05) is 6.92 Å². The van der Waals surface area contributed by atoms with Gasteiger partial charge in [0.15, 0.2) is 0 Å². The molecule has 1 aliphatic heterocycles. The number of hydrogen-bond donors (Lipinski definition) is 1. The zero-order valence-electron chi connectivity index (χ0n) is 11.9. The minimum absolute atomic E-state index is 0.105. The Kier molecular flexibility index (Phi) is 4.90. The maximum absolute atomic E-state index is 9.70. The summed E-state index contributed by atoms with van der Waals surface area (Å²) in [6.45, 7) is 9.30. The van der Waals surface area contributed by atoms with Gasteiger partial charge in [-0.1, -0.05) is 19.0 Å². The van der Waals surface area contributed by atoms with Crippen LogP contribution in [0.5, 0.6) is 0 Å². The number of aromatic nitrogens is 2. The lowest BCUT2D eigenvalue weighted by atomic mass is 10.0. The second-order valence-corrected chi connectivity index (χ2v) is 5.00. The van der Waals surface area contributed by atoms with Gasteiger partial charge in [0, 0.05) is 13.1 Å². The maximum atomic E-state index is 9.70. The van der Waals surface area contributed by atoms with Crippen LogP contribution in [-0.4, -0.2) is 52.5 Å². The van der Waals surface area contributed by atoms with Crippen molar-refractivity contribution < 1.29 is 14.4 Å². The molecule has 0 amide bonds. The summed E-state index contributed by atoms with van der Waals surface area (Å²) in [5.74, 6) is 0.990. The van der Waals surface area contributed by atoms with Crippen LogP contribution in [0.3, 0.4) is 0 Å². The van der Waals surface area contributed by atoms with Gasteiger partial charge in [0.05, 0.1) is 18.6 Å². The Hall–Kier alpha value is -0.980. The van der Waals surface area contributed by atoms with Crippen LogP contribution >= 0.6 is 0 Å². The second-order valence-electron chi connectivity index (χ2n) is 5.00. The summed E-state index contributed by atoms with van der Waals surface area (Å²) in [5, 5.41) is 13.7. The molecule has 1 saturated heterocycles. The van der Waals surface area contributed by atoms with Crippen molar-refractivity contribution in [2.45, 2.75) is 45.3 Å². The Morgan fingerprint density at radius 3 is 2.89 bits per heavy atom. The molecule has 19 heavy (non-hydrogen) atoms. The highest BCUT2D eigenvalue weighted by Crippen LogP contribution is 2.25. The Balaban J connectivity index is 2.07. The summed E-state index contributed by atoms with van der Waals surface area (Å²) in [4.78, 5) is 6.71. The van der Waals surface area contributed by atoms with Gasteiger partial charge in [-0.2, -0.15) is 4.98 Å². The number of aliphatic hydroxyl groups excluding tert-OH is 1. The van der Waals surface area contributed by atoms with Gasteiger partial charge in [0.1, 0.15) is 6.10 Å². The fraction of sp³-hybridized carbons (Fsp3) is 0.846. The van der Waals surface area contributed by atoms with E-state index in [-0.39, 0.29) is 12.0 Å². The summed E-state index contributed by atoms with van der Waals surface area (Å²) in [5.41, 5.74) is 0. The van der Waals surface area contributed by atoms with Crippen molar-refractivity contribution >= 4 is 0 Å². The van der Waals surface area contributed by atoms with Crippen LogP contribution in [0, 0.1) is 0 Å². The lowest BCUT2D eigenvalue weighted by Gasteiger charge is -2.30. The molecule has 1 fully saturated rings. The molecule has 1 N–H and O–H groups in total. The molecule has 0 aliphatic carbocycles. The minimum atomic E-state index is -0.488. The first-order valence-electron chi connectivity index (χ1n) is 7.01. The predicted molar refractivity (Wildman–Crippen MR) is 69.8 cm³/mol. The highest BCUT2D eigenvalue weighted by Gasteiger charge is 2.28. The molecule has 6 heteroatoms. The molecule has 1 aromatic heterocycles. The van der Waals surface area contributed by atoms with Crippen LogP contribution < -0.4 is 0 Å². The van der Waals surface area contributed by atoms with E-state index in [0.717, 1.165) is 26.1 Å². The smallest absolute Gasteiger partial charge is 0.232 e. The van der Waals surface area contributed by atoms with E-state index in [1.54, 1.807) is 6.92 Å². The Labute approximate surface area is 113 Å². The molecule has 2 rings (SSSR count). The maximum Gasteiger partial charge on any atom is 0.232 e. The van der Waals surface area contributed by atoms with E-state index in [1.165, 1.54) is 0 Å². The molecule has 1 aliphatic rings. The van der Waals surface area contributed by atoms with Gasteiger partial charge in [-0.25, -0.2) is 0 Å². The van der Waals surface area contributed by atoms with Crippen LogP contribution in [0.1, 0.15) is 50.9 Å². The van der Waals surface area contributed by atoms with E-state index >= 15 is 0 Å². The topological polar surface area (TPSA) is 71.6 Å². The van der Waals surface area contributed by atoms with Crippen LogP contribution in [-0.2, 0) is 4.74 Å². The quantitative estimate of drug-likeness (QED) is 0.869. The first-order valence-corrected chi connectivity index (χ1v) is 7.01. The van der Waals surface area contributed by atoms with Gasteiger partial charge in [-0.05, 0) is 19.9 Å². The summed E-state index contributed by atoms with van der Waals surface area (Å²) in [7, 11) is 0.